The average Bonchev–Trinajstić information content (AvgIpc) is 2.79. The second-order valence-corrected chi connectivity index (χ2v) is 7.39. The number of ether oxygens (including phenoxy) is 2. The molecule has 0 radical (unpaired) electrons. The summed E-state index contributed by atoms with van der Waals surface area (Å²) >= 11 is 0. The standard InChI is InChI=1S/C23H24F3N3O2/c1-30-17-8-6-16(7-9-17)21(29-10-12-31-13-11-29)15-27-20-14-22(23(24,25)26)28-19-5-3-2-4-18(19)20/h2-9,14,21H,10-13,15H2,1H3,(H,27,28)/t21-/m1/s1. The molecule has 2 heterocycles. The van der Waals surface area contributed by atoms with Gasteiger partial charge in [-0.05, 0) is 29.8 Å². The summed E-state index contributed by atoms with van der Waals surface area (Å²) in [5.41, 5.74) is 0.891. The molecule has 4 rings (SSSR count). The fraction of sp³-hybridized carbons (Fsp3) is 0.348. The van der Waals surface area contributed by atoms with E-state index in [1.54, 1.807) is 31.4 Å². The van der Waals surface area contributed by atoms with Crippen LogP contribution in [-0.2, 0) is 10.9 Å². The molecule has 0 amide bonds. The molecule has 0 unspecified atom stereocenters. The molecule has 0 spiro atoms. The number of rotatable bonds is 6. The summed E-state index contributed by atoms with van der Waals surface area (Å²) in [7, 11) is 1.61. The van der Waals surface area contributed by atoms with Crippen molar-refractivity contribution < 1.29 is 22.6 Å². The molecule has 1 aromatic heterocycles. The van der Waals surface area contributed by atoms with Crippen LogP contribution in [0.1, 0.15) is 17.3 Å². The lowest BCUT2D eigenvalue weighted by atomic mass is 10.0. The van der Waals surface area contributed by atoms with Gasteiger partial charge in [0.15, 0.2) is 0 Å². The van der Waals surface area contributed by atoms with Crippen molar-refractivity contribution in [1.29, 1.82) is 0 Å². The van der Waals surface area contributed by atoms with Gasteiger partial charge in [0.1, 0.15) is 11.4 Å². The van der Waals surface area contributed by atoms with Crippen LogP contribution in [0, 0.1) is 0 Å². The van der Waals surface area contributed by atoms with Crippen LogP contribution in [0.3, 0.4) is 0 Å². The summed E-state index contributed by atoms with van der Waals surface area (Å²) in [6.07, 6.45) is -4.51. The van der Waals surface area contributed by atoms with Crippen molar-refractivity contribution in [2.45, 2.75) is 12.2 Å². The normalized spacial score (nSPS) is 16.3. The zero-order chi connectivity index (χ0) is 21.8. The van der Waals surface area contributed by atoms with Crippen molar-refractivity contribution in [3.63, 3.8) is 0 Å². The fourth-order valence-corrected chi connectivity index (χ4v) is 3.85. The number of pyridine rings is 1. The lowest BCUT2D eigenvalue weighted by Crippen LogP contribution is -2.41. The maximum absolute atomic E-state index is 13.4. The van der Waals surface area contributed by atoms with Gasteiger partial charge in [-0.15, -0.1) is 0 Å². The van der Waals surface area contributed by atoms with Gasteiger partial charge in [-0.2, -0.15) is 13.2 Å². The highest BCUT2D eigenvalue weighted by Crippen LogP contribution is 2.34. The summed E-state index contributed by atoms with van der Waals surface area (Å²) in [5, 5.41) is 3.93. The molecule has 1 atom stereocenters. The number of hydrogen-bond donors (Lipinski definition) is 1. The third kappa shape index (κ3) is 4.91. The third-order valence-corrected chi connectivity index (χ3v) is 5.48. The van der Waals surface area contributed by atoms with E-state index < -0.39 is 11.9 Å². The monoisotopic (exact) mass is 431 g/mol. The summed E-state index contributed by atoms with van der Waals surface area (Å²) in [6.45, 7) is 3.20. The SMILES string of the molecule is COc1ccc([C@@H](CNc2cc(C(F)(F)F)nc3ccccc23)N2CCOCC2)cc1. The van der Waals surface area contributed by atoms with Crippen molar-refractivity contribution in [1.82, 2.24) is 9.88 Å². The van der Waals surface area contributed by atoms with Crippen molar-refractivity contribution in [3.05, 3.63) is 65.9 Å². The Bertz CT molecular complexity index is 1020. The molecule has 3 aromatic rings. The molecule has 1 aliphatic heterocycles. The Balaban J connectivity index is 1.65. The zero-order valence-electron chi connectivity index (χ0n) is 17.2. The van der Waals surface area contributed by atoms with Crippen molar-refractivity contribution in [2.24, 2.45) is 0 Å². The Morgan fingerprint density at radius 3 is 2.48 bits per heavy atom. The first-order chi connectivity index (χ1) is 15.0. The minimum atomic E-state index is -4.51. The van der Waals surface area contributed by atoms with Crippen LogP contribution < -0.4 is 10.1 Å². The predicted molar refractivity (Wildman–Crippen MR) is 113 cm³/mol. The smallest absolute Gasteiger partial charge is 0.433 e. The molecule has 1 aliphatic rings. The Hall–Kier alpha value is -2.84. The van der Waals surface area contributed by atoms with Crippen molar-refractivity contribution in [2.75, 3.05) is 45.3 Å². The maximum atomic E-state index is 13.4. The van der Waals surface area contributed by atoms with Gasteiger partial charge in [0, 0.05) is 30.7 Å². The van der Waals surface area contributed by atoms with Crippen LogP contribution in [0.25, 0.3) is 10.9 Å². The van der Waals surface area contributed by atoms with E-state index in [9.17, 15) is 13.2 Å². The first-order valence-electron chi connectivity index (χ1n) is 10.1. The molecule has 0 aliphatic carbocycles. The van der Waals surface area contributed by atoms with Gasteiger partial charge in [-0.25, -0.2) is 4.98 Å². The second kappa shape index (κ2) is 9.11. The second-order valence-electron chi connectivity index (χ2n) is 7.39. The number of halogens is 3. The third-order valence-electron chi connectivity index (χ3n) is 5.48. The minimum absolute atomic E-state index is 0.0314. The van der Waals surface area contributed by atoms with E-state index in [4.69, 9.17) is 9.47 Å². The number of nitrogens with zero attached hydrogens (tertiary/aromatic N) is 2. The number of aromatic nitrogens is 1. The molecule has 1 N–H and O–H groups in total. The molecule has 8 heteroatoms. The number of alkyl halides is 3. The number of hydrogen-bond acceptors (Lipinski definition) is 5. The van der Waals surface area contributed by atoms with E-state index in [1.807, 2.05) is 24.3 Å². The molecule has 1 saturated heterocycles. The van der Waals surface area contributed by atoms with E-state index in [0.717, 1.165) is 30.5 Å². The van der Waals surface area contributed by atoms with Gasteiger partial charge in [-0.3, -0.25) is 4.90 Å². The first-order valence-corrected chi connectivity index (χ1v) is 10.1. The van der Waals surface area contributed by atoms with Gasteiger partial charge in [0.05, 0.1) is 31.9 Å². The van der Waals surface area contributed by atoms with E-state index in [1.165, 1.54) is 0 Å². The van der Waals surface area contributed by atoms with Crippen LogP contribution in [0.4, 0.5) is 18.9 Å². The van der Waals surface area contributed by atoms with E-state index >= 15 is 0 Å². The molecule has 0 saturated carbocycles. The van der Waals surface area contributed by atoms with E-state index in [2.05, 4.69) is 15.2 Å². The highest BCUT2D eigenvalue weighted by Gasteiger charge is 2.33. The Morgan fingerprint density at radius 1 is 1.10 bits per heavy atom. The largest absolute Gasteiger partial charge is 0.497 e. The molecule has 5 nitrogen and oxygen atoms in total. The van der Waals surface area contributed by atoms with Gasteiger partial charge in [0.25, 0.3) is 0 Å². The van der Waals surface area contributed by atoms with Crippen LogP contribution in [0.2, 0.25) is 0 Å². The topological polar surface area (TPSA) is 46.6 Å². The lowest BCUT2D eigenvalue weighted by Gasteiger charge is -2.35. The molecular weight excluding hydrogens is 407 g/mol. The number of methoxy groups -OCH3 is 1. The molecule has 0 bridgehead atoms. The van der Waals surface area contributed by atoms with Crippen LogP contribution in [0.15, 0.2) is 54.6 Å². The molecule has 164 valence electrons. The zero-order valence-corrected chi connectivity index (χ0v) is 17.2. The minimum Gasteiger partial charge on any atom is -0.497 e. The molecule has 2 aromatic carbocycles. The first kappa shape index (κ1) is 21.4. The van der Waals surface area contributed by atoms with E-state index in [-0.39, 0.29) is 6.04 Å². The lowest BCUT2D eigenvalue weighted by molar-refractivity contribution is -0.140. The number of morpholine rings is 1. The predicted octanol–water partition coefficient (Wildman–Crippen LogP) is 4.75. The number of nitrogens with one attached hydrogen (secondary N) is 1. The maximum Gasteiger partial charge on any atom is 0.433 e. The van der Waals surface area contributed by atoms with Gasteiger partial charge in [-0.1, -0.05) is 30.3 Å². The van der Waals surface area contributed by atoms with Crippen molar-refractivity contribution >= 4 is 16.6 Å². The highest BCUT2D eigenvalue weighted by molar-refractivity contribution is 5.91. The Kier molecular flexibility index (Phi) is 6.29. The average molecular weight is 431 g/mol. The fourth-order valence-electron chi connectivity index (χ4n) is 3.85. The van der Waals surface area contributed by atoms with Crippen LogP contribution in [-0.4, -0.2) is 49.8 Å². The van der Waals surface area contributed by atoms with Crippen LogP contribution >= 0.6 is 0 Å². The molecule has 1 fully saturated rings. The number of anilines is 1. The van der Waals surface area contributed by atoms with E-state index in [0.29, 0.717) is 36.3 Å². The molecular formula is C23H24F3N3O2. The summed E-state index contributed by atoms with van der Waals surface area (Å²) in [4.78, 5) is 6.08. The quantitative estimate of drug-likeness (QED) is 0.611. The van der Waals surface area contributed by atoms with Gasteiger partial charge < -0.3 is 14.8 Å². The number of para-hydroxylation sites is 1. The Labute approximate surface area is 178 Å². The van der Waals surface area contributed by atoms with Crippen molar-refractivity contribution in [3.8, 4) is 5.75 Å². The molecule has 31 heavy (non-hydrogen) atoms. The number of fused-ring (bicyclic) bond motifs is 1. The summed E-state index contributed by atoms with van der Waals surface area (Å²) in [5.74, 6) is 0.757. The van der Waals surface area contributed by atoms with Gasteiger partial charge >= 0.3 is 6.18 Å². The summed E-state index contributed by atoms with van der Waals surface area (Å²) < 4.78 is 50.9. The Morgan fingerprint density at radius 2 is 1.81 bits per heavy atom. The number of benzene rings is 2. The highest BCUT2D eigenvalue weighted by atomic mass is 19.4. The van der Waals surface area contributed by atoms with Crippen LogP contribution in [0.5, 0.6) is 5.75 Å². The summed E-state index contributed by atoms with van der Waals surface area (Å²) in [6, 6.07) is 15.7. The van der Waals surface area contributed by atoms with Gasteiger partial charge in [0.2, 0.25) is 0 Å².